The summed E-state index contributed by atoms with van der Waals surface area (Å²) in [5.41, 5.74) is 3.60. The van der Waals surface area contributed by atoms with Gasteiger partial charge in [-0.15, -0.1) is 0 Å². The molecule has 7 nitrogen and oxygen atoms in total. The Bertz CT molecular complexity index is 1070. The van der Waals surface area contributed by atoms with Crippen LogP contribution in [0.25, 0.3) is 0 Å². The molecule has 0 spiro atoms. The van der Waals surface area contributed by atoms with Crippen LogP contribution in [0.1, 0.15) is 33.3 Å². The summed E-state index contributed by atoms with van der Waals surface area (Å²) >= 11 is 0. The summed E-state index contributed by atoms with van der Waals surface area (Å²) in [6, 6.07) is 16.6. The number of carbonyl (C=O) groups excluding carboxylic acids is 2. The summed E-state index contributed by atoms with van der Waals surface area (Å²) in [6.07, 6.45) is 2.33. The average molecular weight is 388 g/mol. The Morgan fingerprint density at radius 3 is 2.62 bits per heavy atom. The molecule has 1 aliphatic rings. The molecule has 7 heteroatoms. The fourth-order valence-corrected chi connectivity index (χ4v) is 3.52. The Morgan fingerprint density at radius 2 is 1.86 bits per heavy atom. The van der Waals surface area contributed by atoms with Crippen LogP contribution in [0.15, 0.2) is 60.9 Å². The van der Waals surface area contributed by atoms with Crippen LogP contribution in [0.4, 0.5) is 17.2 Å². The highest BCUT2D eigenvalue weighted by molar-refractivity contribution is 6.03. The molecule has 0 bridgehead atoms. The summed E-state index contributed by atoms with van der Waals surface area (Å²) in [6.45, 7) is 2.13. The minimum Gasteiger partial charge on any atom is -0.465 e. The number of aromatic nitrogens is 2. The number of anilines is 3. The van der Waals surface area contributed by atoms with Crippen LogP contribution >= 0.6 is 0 Å². The number of rotatable bonds is 4. The highest BCUT2D eigenvalue weighted by atomic mass is 16.5. The zero-order valence-electron chi connectivity index (χ0n) is 16.1. The molecule has 0 fully saturated rings. The number of fused-ring (bicyclic) bond motifs is 1. The standard InChI is InChI=1S/C22H20N4O3/c1-14-11-16-5-3-4-6-19(16)26(14)20-12-18(23-13-24-20)21(27)25-17-9-7-15(8-10-17)22(28)29-2/h3-10,12-14H,11H2,1-2H3,(H,25,27). The lowest BCUT2D eigenvalue weighted by Crippen LogP contribution is -2.25. The lowest BCUT2D eigenvalue weighted by atomic mass is 10.1. The van der Waals surface area contributed by atoms with Crippen molar-refractivity contribution in [2.24, 2.45) is 0 Å². The summed E-state index contributed by atoms with van der Waals surface area (Å²) in [5.74, 6) is -0.0911. The van der Waals surface area contributed by atoms with Crippen molar-refractivity contribution in [1.29, 1.82) is 0 Å². The molecule has 4 rings (SSSR count). The molecule has 3 aromatic rings. The third kappa shape index (κ3) is 3.67. The van der Waals surface area contributed by atoms with Crippen molar-refractivity contribution < 1.29 is 14.3 Å². The molecule has 2 heterocycles. The van der Waals surface area contributed by atoms with Gasteiger partial charge in [-0.2, -0.15) is 0 Å². The van der Waals surface area contributed by atoms with Crippen molar-refractivity contribution in [2.75, 3.05) is 17.3 Å². The number of esters is 1. The molecule has 146 valence electrons. The predicted molar refractivity (Wildman–Crippen MR) is 110 cm³/mol. The second-order valence-corrected chi connectivity index (χ2v) is 6.84. The number of carbonyl (C=O) groups is 2. The monoisotopic (exact) mass is 388 g/mol. The lowest BCUT2D eigenvalue weighted by molar-refractivity contribution is 0.0600. The minimum atomic E-state index is -0.427. The molecule has 1 amide bonds. The first-order chi connectivity index (χ1) is 14.1. The Balaban J connectivity index is 1.54. The van der Waals surface area contributed by atoms with Crippen LogP contribution in [0.2, 0.25) is 0 Å². The summed E-state index contributed by atoms with van der Waals surface area (Å²) < 4.78 is 4.67. The van der Waals surface area contributed by atoms with Crippen molar-refractivity contribution in [3.63, 3.8) is 0 Å². The van der Waals surface area contributed by atoms with E-state index >= 15 is 0 Å². The minimum absolute atomic E-state index is 0.240. The molecule has 29 heavy (non-hydrogen) atoms. The Kier molecular flexibility index (Phi) is 4.95. The Labute approximate surface area is 168 Å². The van der Waals surface area contributed by atoms with Crippen LogP contribution in [-0.4, -0.2) is 35.0 Å². The summed E-state index contributed by atoms with van der Waals surface area (Å²) in [5, 5.41) is 2.79. The Hall–Kier alpha value is -3.74. The van der Waals surface area contributed by atoms with E-state index in [4.69, 9.17) is 0 Å². The van der Waals surface area contributed by atoms with Gasteiger partial charge in [0, 0.05) is 23.5 Å². The van der Waals surface area contributed by atoms with E-state index in [0.717, 1.165) is 12.1 Å². The molecular formula is C22H20N4O3. The maximum atomic E-state index is 12.7. The Morgan fingerprint density at radius 1 is 1.10 bits per heavy atom. The zero-order chi connectivity index (χ0) is 20.4. The molecule has 1 aromatic heterocycles. The SMILES string of the molecule is COC(=O)c1ccc(NC(=O)c2cc(N3c4ccccc4CC3C)ncn2)cc1. The predicted octanol–water partition coefficient (Wildman–Crippen LogP) is 3.60. The van der Waals surface area contributed by atoms with E-state index < -0.39 is 5.97 Å². The average Bonchev–Trinajstić information content (AvgIpc) is 3.09. The van der Waals surface area contributed by atoms with Gasteiger partial charge >= 0.3 is 5.97 Å². The second-order valence-electron chi connectivity index (χ2n) is 6.84. The third-order valence-electron chi connectivity index (χ3n) is 4.90. The van der Waals surface area contributed by atoms with E-state index in [9.17, 15) is 9.59 Å². The van der Waals surface area contributed by atoms with E-state index in [-0.39, 0.29) is 17.6 Å². The van der Waals surface area contributed by atoms with Crippen molar-refractivity contribution in [3.8, 4) is 0 Å². The van der Waals surface area contributed by atoms with Crippen molar-refractivity contribution in [3.05, 3.63) is 77.7 Å². The fraction of sp³-hybridized carbons (Fsp3) is 0.182. The molecule has 1 unspecified atom stereocenters. The van der Waals surface area contributed by atoms with Gasteiger partial charge in [-0.3, -0.25) is 4.79 Å². The van der Waals surface area contributed by atoms with Gasteiger partial charge in [0.05, 0.1) is 12.7 Å². The quantitative estimate of drug-likeness (QED) is 0.688. The first-order valence-corrected chi connectivity index (χ1v) is 9.25. The molecule has 0 saturated carbocycles. The number of amides is 1. The maximum absolute atomic E-state index is 12.7. The molecule has 0 saturated heterocycles. The molecule has 0 radical (unpaired) electrons. The van der Waals surface area contributed by atoms with Crippen LogP contribution in [0.3, 0.4) is 0 Å². The molecule has 1 N–H and O–H groups in total. The second kappa shape index (κ2) is 7.71. The summed E-state index contributed by atoms with van der Waals surface area (Å²) in [7, 11) is 1.32. The van der Waals surface area contributed by atoms with Gasteiger partial charge in [0.15, 0.2) is 0 Å². The highest BCUT2D eigenvalue weighted by Gasteiger charge is 2.28. The topological polar surface area (TPSA) is 84.4 Å². The largest absolute Gasteiger partial charge is 0.465 e. The van der Waals surface area contributed by atoms with Crippen LogP contribution < -0.4 is 10.2 Å². The van der Waals surface area contributed by atoms with E-state index in [1.54, 1.807) is 30.3 Å². The van der Waals surface area contributed by atoms with Gasteiger partial charge in [-0.1, -0.05) is 18.2 Å². The van der Waals surface area contributed by atoms with Crippen LogP contribution in [-0.2, 0) is 11.2 Å². The van der Waals surface area contributed by atoms with E-state index in [1.165, 1.54) is 19.0 Å². The first-order valence-electron chi connectivity index (χ1n) is 9.25. The number of nitrogens with zero attached hydrogens (tertiary/aromatic N) is 3. The van der Waals surface area contributed by atoms with Crippen molar-refractivity contribution in [2.45, 2.75) is 19.4 Å². The highest BCUT2D eigenvalue weighted by Crippen LogP contribution is 2.37. The number of para-hydroxylation sites is 1. The molecular weight excluding hydrogens is 368 g/mol. The smallest absolute Gasteiger partial charge is 0.337 e. The number of ether oxygens (including phenoxy) is 1. The van der Waals surface area contributed by atoms with Crippen molar-refractivity contribution >= 4 is 29.1 Å². The lowest BCUT2D eigenvalue weighted by Gasteiger charge is -2.23. The van der Waals surface area contributed by atoms with Gasteiger partial charge in [-0.05, 0) is 49.2 Å². The maximum Gasteiger partial charge on any atom is 0.337 e. The van der Waals surface area contributed by atoms with Crippen LogP contribution in [0.5, 0.6) is 0 Å². The van der Waals surface area contributed by atoms with E-state index in [0.29, 0.717) is 17.1 Å². The van der Waals surface area contributed by atoms with E-state index in [1.807, 2.05) is 12.1 Å². The van der Waals surface area contributed by atoms with Gasteiger partial charge in [0.25, 0.3) is 5.91 Å². The number of benzene rings is 2. The third-order valence-corrected chi connectivity index (χ3v) is 4.90. The molecule has 1 aliphatic heterocycles. The van der Waals surface area contributed by atoms with Gasteiger partial charge in [0.1, 0.15) is 17.8 Å². The number of nitrogens with one attached hydrogen (secondary N) is 1. The van der Waals surface area contributed by atoms with Crippen molar-refractivity contribution in [1.82, 2.24) is 9.97 Å². The number of methoxy groups -OCH3 is 1. The number of hydrogen-bond acceptors (Lipinski definition) is 6. The number of hydrogen-bond donors (Lipinski definition) is 1. The zero-order valence-corrected chi connectivity index (χ0v) is 16.1. The molecule has 2 aromatic carbocycles. The molecule has 1 atom stereocenters. The van der Waals surface area contributed by atoms with E-state index in [2.05, 4.69) is 44.0 Å². The summed E-state index contributed by atoms with van der Waals surface area (Å²) in [4.78, 5) is 34.8. The van der Waals surface area contributed by atoms with Gasteiger partial charge in [0.2, 0.25) is 0 Å². The van der Waals surface area contributed by atoms with Gasteiger partial charge < -0.3 is 15.0 Å². The fourth-order valence-electron chi connectivity index (χ4n) is 3.52. The molecule has 0 aliphatic carbocycles. The normalized spacial score (nSPS) is 15.0. The first kappa shape index (κ1) is 18.6. The van der Waals surface area contributed by atoms with Crippen LogP contribution in [0, 0.1) is 0 Å². The van der Waals surface area contributed by atoms with Gasteiger partial charge in [-0.25, -0.2) is 14.8 Å².